The first-order chi connectivity index (χ1) is 6.93. The van der Waals surface area contributed by atoms with E-state index in [0.717, 1.165) is 6.07 Å². The Morgan fingerprint density at radius 2 is 2.12 bits per heavy atom. The maximum absolute atomic E-state index is 10.8. The largest absolute Gasteiger partial charge is 0.477 e. The highest BCUT2D eigenvalue weighted by atomic mass is 35.5. The molecular weight excluding hydrogens is 236 g/mol. The molecule has 3 N–H and O–H groups in total. The summed E-state index contributed by atoms with van der Waals surface area (Å²) >= 11 is 0. The van der Waals surface area contributed by atoms with Crippen molar-refractivity contribution in [1.29, 1.82) is 0 Å². The van der Waals surface area contributed by atoms with Gasteiger partial charge in [0.05, 0.1) is 4.92 Å². The van der Waals surface area contributed by atoms with Crippen molar-refractivity contribution < 1.29 is 14.8 Å². The van der Waals surface area contributed by atoms with Crippen LogP contribution in [0.1, 0.15) is 28.9 Å². The topological polar surface area (TPSA) is 106 Å². The Hall–Kier alpha value is -1.66. The number of aromatic carboxylic acids is 1. The molecule has 6 nitrogen and oxygen atoms in total. The Morgan fingerprint density at radius 3 is 2.50 bits per heavy atom. The molecule has 0 fully saturated rings. The molecule has 1 aromatic carbocycles. The van der Waals surface area contributed by atoms with Crippen LogP contribution in [-0.2, 0) is 0 Å². The summed E-state index contributed by atoms with van der Waals surface area (Å²) in [5.41, 5.74) is 5.34. The maximum Gasteiger partial charge on any atom is 0.342 e. The van der Waals surface area contributed by atoms with Gasteiger partial charge in [0.2, 0.25) is 0 Å². The number of nitro groups is 1. The molecule has 0 amide bonds. The number of halogens is 1. The van der Waals surface area contributed by atoms with E-state index in [2.05, 4.69) is 0 Å². The van der Waals surface area contributed by atoms with E-state index in [0.29, 0.717) is 5.56 Å². The summed E-state index contributed by atoms with van der Waals surface area (Å²) in [5.74, 6) is -1.33. The minimum Gasteiger partial charge on any atom is -0.477 e. The maximum atomic E-state index is 10.8. The second kappa shape index (κ2) is 5.43. The molecule has 1 rings (SSSR count). The molecule has 88 valence electrons. The number of nitrogens with two attached hydrogens (primary N) is 1. The van der Waals surface area contributed by atoms with E-state index >= 15 is 0 Å². The summed E-state index contributed by atoms with van der Waals surface area (Å²) < 4.78 is 0. The molecule has 0 aliphatic rings. The van der Waals surface area contributed by atoms with Crippen LogP contribution in [0.4, 0.5) is 5.69 Å². The number of benzene rings is 1. The van der Waals surface area contributed by atoms with Gasteiger partial charge in [-0.3, -0.25) is 10.1 Å². The predicted molar refractivity (Wildman–Crippen MR) is 59.9 cm³/mol. The monoisotopic (exact) mass is 246 g/mol. The molecule has 0 aliphatic heterocycles. The van der Waals surface area contributed by atoms with E-state index in [4.69, 9.17) is 10.8 Å². The lowest BCUT2D eigenvalue weighted by Gasteiger charge is -2.06. The molecule has 1 unspecified atom stereocenters. The quantitative estimate of drug-likeness (QED) is 0.624. The summed E-state index contributed by atoms with van der Waals surface area (Å²) in [6.07, 6.45) is 0. The molecule has 0 aromatic heterocycles. The Bertz CT molecular complexity index is 420. The van der Waals surface area contributed by atoms with Crippen LogP contribution in [0.25, 0.3) is 0 Å². The van der Waals surface area contributed by atoms with Crippen molar-refractivity contribution in [3.8, 4) is 0 Å². The Balaban J connectivity index is 0.00000225. The van der Waals surface area contributed by atoms with Crippen molar-refractivity contribution >= 4 is 24.1 Å². The number of nitrogens with zero attached hydrogens (tertiary/aromatic N) is 1. The lowest BCUT2D eigenvalue weighted by molar-refractivity contribution is -0.385. The first kappa shape index (κ1) is 14.3. The minimum atomic E-state index is -1.33. The van der Waals surface area contributed by atoms with E-state index in [1.54, 1.807) is 6.92 Å². The molecule has 0 spiro atoms. The van der Waals surface area contributed by atoms with Crippen LogP contribution in [0.3, 0.4) is 0 Å². The summed E-state index contributed by atoms with van der Waals surface area (Å²) in [6.45, 7) is 1.67. The zero-order chi connectivity index (χ0) is 11.6. The van der Waals surface area contributed by atoms with Crippen LogP contribution in [0.2, 0.25) is 0 Å². The molecule has 0 saturated heterocycles. The van der Waals surface area contributed by atoms with Crippen LogP contribution in [0.15, 0.2) is 18.2 Å². The van der Waals surface area contributed by atoms with E-state index < -0.39 is 16.6 Å². The fraction of sp³-hybridized carbons (Fsp3) is 0.222. The standard InChI is InChI=1S/C9H10N2O4.ClH/c1-5(10)6-2-3-8(11(14)15)7(4-6)9(12)13;/h2-5H,10H2,1H3,(H,12,13);1H. The van der Waals surface area contributed by atoms with Gasteiger partial charge in [-0.2, -0.15) is 0 Å². The van der Waals surface area contributed by atoms with E-state index in [9.17, 15) is 14.9 Å². The van der Waals surface area contributed by atoms with Crippen molar-refractivity contribution in [1.82, 2.24) is 0 Å². The number of hydrogen-bond acceptors (Lipinski definition) is 4. The van der Waals surface area contributed by atoms with Crippen LogP contribution in [-0.4, -0.2) is 16.0 Å². The second-order valence-corrected chi connectivity index (χ2v) is 3.13. The highest BCUT2D eigenvalue weighted by molar-refractivity contribution is 5.92. The first-order valence-electron chi connectivity index (χ1n) is 4.20. The van der Waals surface area contributed by atoms with Gasteiger partial charge in [0.1, 0.15) is 5.56 Å². The zero-order valence-corrected chi connectivity index (χ0v) is 9.23. The highest BCUT2D eigenvalue weighted by Gasteiger charge is 2.20. The van der Waals surface area contributed by atoms with Crippen molar-refractivity contribution in [2.24, 2.45) is 5.73 Å². The lowest BCUT2D eigenvalue weighted by Crippen LogP contribution is -2.08. The normalized spacial score (nSPS) is 11.4. The smallest absolute Gasteiger partial charge is 0.342 e. The van der Waals surface area contributed by atoms with Gasteiger partial charge in [0.25, 0.3) is 5.69 Å². The van der Waals surface area contributed by atoms with Crippen LogP contribution < -0.4 is 5.73 Å². The number of nitro benzene ring substituents is 1. The third-order valence-electron chi connectivity index (χ3n) is 1.97. The molecule has 1 atom stereocenters. The second-order valence-electron chi connectivity index (χ2n) is 3.13. The first-order valence-corrected chi connectivity index (χ1v) is 4.20. The molecule has 0 radical (unpaired) electrons. The van der Waals surface area contributed by atoms with Gasteiger partial charge in [0.15, 0.2) is 0 Å². The van der Waals surface area contributed by atoms with Gasteiger partial charge < -0.3 is 10.8 Å². The molecular formula is C9H11ClN2O4. The molecule has 1 aromatic rings. The molecule has 7 heteroatoms. The molecule has 0 bridgehead atoms. The van der Waals surface area contributed by atoms with Crippen molar-refractivity contribution in [2.75, 3.05) is 0 Å². The lowest BCUT2D eigenvalue weighted by atomic mass is 10.0. The van der Waals surface area contributed by atoms with Crippen LogP contribution in [0.5, 0.6) is 0 Å². The van der Waals surface area contributed by atoms with Crippen molar-refractivity contribution in [3.63, 3.8) is 0 Å². The summed E-state index contributed by atoms with van der Waals surface area (Å²) in [7, 11) is 0. The van der Waals surface area contributed by atoms with Gasteiger partial charge in [-0.25, -0.2) is 4.79 Å². The summed E-state index contributed by atoms with van der Waals surface area (Å²) in [6, 6.07) is 3.48. The third-order valence-corrected chi connectivity index (χ3v) is 1.97. The summed E-state index contributed by atoms with van der Waals surface area (Å²) in [5, 5.41) is 19.3. The van der Waals surface area contributed by atoms with Gasteiger partial charge in [-0.1, -0.05) is 6.07 Å². The van der Waals surface area contributed by atoms with Gasteiger partial charge in [-0.15, -0.1) is 12.4 Å². The van der Waals surface area contributed by atoms with Gasteiger partial charge in [-0.05, 0) is 18.6 Å². The van der Waals surface area contributed by atoms with Crippen LogP contribution in [0, 0.1) is 10.1 Å². The summed E-state index contributed by atoms with van der Waals surface area (Å²) in [4.78, 5) is 20.5. The Kier molecular flexibility index (Phi) is 4.87. The number of hydrogen-bond donors (Lipinski definition) is 2. The van der Waals surface area contributed by atoms with Gasteiger partial charge >= 0.3 is 5.97 Å². The average molecular weight is 247 g/mol. The SMILES string of the molecule is CC(N)c1ccc([N+](=O)[O-])c(C(=O)O)c1.Cl. The molecule has 0 heterocycles. The fourth-order valence-electron chi connectivity index (χ4n) is 1.17. The molecule has 0 saturated carbocycles. The van der Waals surface area contributed by atoms with Gasteiger partial charge in [0, 0.05) is 12.1 Å². The molecule has 16 heavy (non-hydrogen) atoms. The van der Waals surface area contributed by atoms with E-state index in [-0.39, 0.29) is 24.0 Å². The van der Waals surface area contributed by atoms with E-state index in [1.165, 1.54) is 12.1 Å². The minimum absolute atomic E-state index is 0. The van der Waals surface area contributed by atoms with Crippen LogP contribution >= 0.6 is 12.4 Å². The number of carbonyl (C=O) groups is 1. The Labute approximate surface area is 97.6 Å². The third kappa shape index (κ3) is 2.91. The number of carboxylic acid groups (broad SMARTS) is 1. The Morgan fingerprint density at radius 1 is 1.56 bits per heavy atom. The highest BCUT2D eigenvalue weighted by Crippen LogP contribution is 2.22. The fourth-order valence-corrected chi connectivity index (χ4v) is 1.17. The van der Waals surface area contributed by atoms with E-state index in [1.807, 2.05) is 0 Å². The number of carboxylic acids is 1. The number of rotatable bonds is 3. The molecule has 0 aliphatic carbocycles. The van der Waals surface area contributed by atoms with Crippen molar-refractivity contribution in [3.05, 3.63) is 39.4 Å². The predicted octanol–water partition coefficient (Wildman–Crippen LogP) is 1.73. The van der Waals surface area contributed by atoms with Crippen molar-refractivity contribution in [2.45, 2.75) is 13.0 Å². The zero-order valence-electron chi connectivity index (χ0n) is 8.41. The average Bonchev–Trinajstić information content (AvgIpc) is 2.16.